The van der Waals surface area contributed by atoms with Crippen molar-refractivity contribution in [3.63, 3.8) is 0 Å². The first-order valence-electron chi connectivity index (χ1n) is 9.97. The number of halogens is 1. The molecule has 2 aliphatic rings. The summed E-state index contributed by atoms with van der Waals surface area (Å²) >= 11 is 1.57. The molecule has 1 fully saturated rings. The lowest BCUT2D eigenvalue weighted by molar-refractivity contribution is -0.117. The van der Waals surface area contributed by atoms with E-state index in [1.54, 1.807) is 23.5 Å². The monoisotopic (exact) mass is 397 g/mol. The molecule has 0 aliphatic heterocycles. The van der Waals surface area contributed by atoms with Crippen molar-refractivity contribution in [3.8, 4) is 6.07 Å². The van der Waals surface area contributed by atoms with Crippen molar-refractivity contribution >= 4 is 22.2 Å². The van der Waals surface area contributed by atoms with E-state index < -0.39 is 0 Å². The lowest BCUT2D eigenvalue weighted by Crippen LogP contribution is -2.34. The van der Waals surface area contributed by atoms with E-state index in [1.807, 2.05) is 0 Å². The number of amides is 1. The lowest BCUT2D eigenvalue weighted by atomic mass is 10.1. The van der Waals surface area contributed by atoms with Gasteiger partial charge in [-0.1, -0.05) is 18.6 Å². The third kappa shape index (κ3) is 4.43. The molecule has 1 saturated carbocycles. The molecule has 2 aliphatic carbocycles. The SMILES string of the molecule is N#Cc1c(NC(=O)CN(Cc2ccc(F)cc2)C2CC2)sc2c1CCCCC2. The van der Waals surface area contributed by atoms with Gasteiger partial charge < -0.3 is 5.32 Å². The molecule has 0 bridgehead atoms. The van der Waals surface area contributed by atoms with Crippen molar-refractivity contribution in [3.05, 3.63) is 51.7 Å². The molecule has 1 heterocycles. The van der Waals surface area contributed by atoms with Gasteiger partial charge in [0.2, 0.25) is 5.91 Å². The summed E-state index contributed by atoms with van der Waals surface area (Å²) in [5.41, 5.74) is 2.80. The van der Waals surface area contributed by atoms with Gasteiger partial charge >= 0.3 is 0 Å². The fraction of sp³-hybridized carbons (Fsp3) is 0.455. The standard InChI is InChI=1S/C22H24FN3OS/c23-16-8-6-15(7-9-16)13-26(17-10-11-17)14-21(27)25-22-19(12-24)18-4-2-1-3-5-20(18)28-22/h6-9,17H,1-5,10-11,13-14H2,(H,25,27). The molecule has 1 aromatic carbocycles. The van der Waals surface area contributed by atoms with E-state index in [0.29, 0.717) is 23.2 Å². The number of nitriles is 1. The Labute approximate surface area is 169 Å². The van der Waals surface area contributed by atoms with Crippen molar-refractivity contribution in [2.45, 2.75) is 57.5 Å². The number of thiophene rings is 1. The third-order valence-electron chi connectivity index (χ3n) is 5.49. The first-order valence-corrected chi connectivity index (χ1v) is 10.8. The summed E-state index contributed by atoms with van der Waals surface area (Å²) in [6, 6.07) is 9.18. The Hall–Kier alpha value is -2.23. The second-order valence-electron chi connectivity index (χ2n) is 7.69. The Morgan fingerprint density at radius 3 is 2.68 bits per heavy atom. The zero-order valence-corrected chi connectivity index (χ0v) is 16.7. The minimum Gasteiger partial charge on any atom is -0.315 e. The average Bonchev–Trinajstić information content (AvgIpc) is 3.49. The molecule has 0 atom stereocenters. The molecule has 1 aromatic heterocycles. The van der Waals surface area contributed by atoms with Crippen molar-refractivity contribution in [2.24, 2.45) is 0 Å². The largest absolute Gasteiger partial charge is 0.315 e. The van der Waals surface area contributed by atoms with Crippen LogP contribution >= 0.6 is 11.3 Å². The van der Waals surface area contributed by atoms with Crippen molar-refractivity contribution < 1.29 is 9.18 Å². The predicted molar refractivity (Wildman–Crippen MR) is 109 cm³/mol. The summed E-state index contributed by atoms with van der Waals surface area (Å²) in [6.45, 7) is 0.917. The normalized spacial score (nSPS) is 16.3. The Morgan fingerprint density at radius 1 is 1.21 bits per heavy atom. The summed E-state index contributed by atoms with van der Waals surface area (Å²) < 4.78 is 13.1. The van der Waals surface area contributed by atoms with Crippen LogP contribution in [0.15, 0.2) is 24.3 Å². The van der Waals surface area contributed by atoms with Crippen molar-refractivity contribution in [2.75, 3.05) is 11.9 Å². The van der Waals surface area contributed by atoms with Gasteiger partial charge in [-0.2, -0.15) is 5.26 Å². The van der Waals surface area contributed by atoms with Gasteiger partial charge in [-0.05, 0) is 61.8 Å². The molecule has 6 heteroatoms. The van der Waals surface area contributed by atoms with Crippen molar-refractivity contribution in [1.82, 2.24) is 4.90 Å². The number of nitrogens with one attached hydrogen (secondary N) is 1. The van der Waals surface area contributed by atoms with Crippen LogP contribution in [0.25, 0.3) is 0 Å². The topological polar surface area (TPSA) is 56.1 Å². The maximum absolute atomic E-state index is 13.1. The average molecular weight is 398 g/mol. The molecule has 0 saturated heterocycles. The van der Waals surface area contributed by atoms with Crippen LogP contribution in [-0.4, -0.2) is 23.4 Å². The predicted octanol–water partition coefficient (Wildman–Crippen LogP) is 4.63. The fourth-order valence-electron chi connectivity index (χ4n) is 3.88. The number of rotatable bonds is 6. The molecule has 1 amide bonds. The van der Waals surface area contributed by atoms with Crippen LogP contribution in [0.3, 0.4) is 0 Å². The maximum Gasteiger partial charge on any atom is 0.239 e. The number of fused-ring (bicyclic) bond motifs is 1. The van der Waals surface area contributed by atoms with Gasteiger partial charge in [-0.15, -0.1) is 11.3 Å². The zero-order valence-electron chi connectivity index (χ0n) is 15.8. The molecule has 4 nitrogen and oxygen atoms in total. The van der Waals surface area contributed by atoms with Gasteiger partial charge in [0.25, 0.3) is 0 Å². The highest BCUT2D eigenvalue weighted by Crippen LogP contribution is 2.37. The van der Waals surface area contributed by atoms with E-state index in [4.69, 9.17) is 0 Å². The molecule has 1 N–H and O–H groups in total. The first-order chi connectivity index (χ1) is 13.6. The van der Waals surface area contributed by atoms with Crippen LogP contribution in [0.5, 0.6) is 0 Å². The first kappa shape index (κ1) is 19.1. The minimum absolute atomic E-state index is 0.0816. The number of carbonyl (C=O) groups is 1. The van der Waals surface area contributed by atoms with E-state index in [2.05, 4.69) is 16.3 Å². The van der Waals surface area contributed by atoms with Crippen LogP contribution in [0.4, 0.5) is 9.39 Å². The van der Waals surface area contributed by atoms with Crippen LogP contribution < -0.4 is 5.32 Å². The number of anilines is 1. The Bertz CT molecular complexity index is 896. The van der Waals surface area contributed by atoms with Gasteiger partial charge in [-0.3, -0.25) is 9.69 Å². The van der Waals surface area contributed by atoms with Gasteiger partial charge in [-0.25, -0.2) is 4.39 Å². The van der Waals surface area contributed by atoms with Crippen LogP contribution in [0, 0.1) is 17.1 Å². The van der Waals surface area contributed by atoms with Gasteiger partial charge in [0.05, 0.1) is 12.1 Å². The molecule has 4 rings (SSSR count). The second-order valence-corrected chi connectivity index (χ2v) is 8.80. The molecule has 146 valence electrons. The molecule has 0 unspecified atom stereocenters. The zero-order chi connectivity index (χ0) is 19.5. The molecule has 2 aromatic rings. The molecule has 28 heavy (non-hydrogen) atoms. The number of hydrogen-bond acceptors (Lipinski definition) is 4. The van der Waals surface area contributed by atoms with Crippen LogP contribution in [-0.2, 0) is 24.2 Å². The Kier molecular flexibility index (Phi) is 5.74. The lowest BCUT2D eigenvalue weighted by Gasteiger charge is -2.21. The maximum atomic E-state index is 13.1. The number of nitrogens with zero attached hydrogens (tertiary/aromatic N) is 2. The number of hydrogen-bond donors (Lipinski definition) is 1. The van der Waals surface area contributed by atoms with E-state index >= 15 is 0 Å². The Morgan fingerprint density at radius 2 is 1.96 bits per heavy atom. The minimum atomic E-state index is -0.249. The fourth-order valence-corrected chi connectivity index (χ4v) is 5.13. The molecule has 0 radical (unpaired) electrons. The Balaban J connectivity index is 1.44. The van der Waals surface area contributed by atoms with Crippen molar-refractivity contribution in [1.29, 1.82) is 5.26 Å². The molecular formula is C22H24FN3OS. The van der Waals surface area contributed by atoms with E-state index in [-0.39, 0.29) is 18.3 Å². The second kappa shape index (κ2) is 8.42. The van der Waals surface area contributed by atoms with E-state index in [9.17, 15) is 14.4 Å². The quantitative estimate of drug-likeness (QED) is 0.723. The van der Waals surface area contributed by atoms with Gasteiger partial charge in [0, 0.05) is 17.5 Å². The molecular weight excluding hydrogens is 373 g/mol. The van der Waals surface area contributed by atoms with E-state index in [0.717, 1.165) is 49.7 Å². The highest BCUT2D eigenvalue weighted by atomic mass is 32.1. The highest BCUT2D eigenvalue weighted by Gasteiger charge is 2.31. The number of aryl methyl sites for hydroxylation is 1. The summed E-state index contributed by atoms with van der Waals surface area (Å²) in [6.07, 6.45) is 7.58. The van der Waals surface area contributed by atoms with Gasteiger partial charge in [0.15, 0.2) is 0 Å². The smallest absolute Gasteiger partial charge is 0.239 e. The highest BCUT2D eigenvalue weighted by molar-refractivity contribution is 7.16. The summed E-state index contributed by atoms with van der Waals surface area (Å²) in [5.74, 6) is -0.331. The number of benzene rings is 1. The van der Waals surface area contributed by atoms with E-state index in [1.165, 1.54) is 23.4 Å². The summed E-state index contributed by atoms with van der Waals surface area (Å²) in [7, 11) is 0. The third-order valence-corrected chi connectivity index (χ3v) is 6.70. The number of carbonyl (C=O) groups excluding carboxylic acids is 1. The summed E-state index contributed by atoms with van der Waals surface area (Å²) in [4.78, 5) is 16.1. The molecule has 0 spiro atoms. The summed E-state index contributed by atoms with van der Waals surface area (Å²) in [5, 5.41) is 13.3. The van der Waals surface area contributed by atoms with Crippen LogP contribution in [0.2, 0.25) is 0 Å². The van der Waals surface area contributed by atoms with Crippen LogP contribution in [0.1, 0.15) is 53.7 Å². The van der Waals surface area contributed by atoms with Gasteiger partial charge in [0.1, 0.15) is 16.9 Å².